The molecule has 7 aromatic carbocycles. The number of nitrogens with zero attached hydrogens (tertiary/aromatic N) is 1. The maximum Gasteiger partial charge on any atom is 0.416 e. The van der Waals surface area contributed by atoms with Crippen molar-refractivity contribution >= 4 is 55.1 Å². The molecule has 10 heteroatoms. The fourth-order valence-electron chi connectivity index (χ4n) is 7.47. The first-order valence-corrected chi connectivity index (χ1v) is 32.8. The van der Waals surface area contributed by atoms with Gasteiger partial charge in [0.05, 0.1) is 17.2 Å². The first kappa shape index (κ1) is 82.3. The third kappa shape index (κ3) is 46.2. The molecule has 468 valence electrons. The monoisotopic (exact) mass is 1330 g/mol. The number of benzene rings is 7. The van der Waals surface area contributed by atoms with Crippen LogP contribution in [0.15, 0.2) is 179 Å². The molecule has 0 bridgehead atoms. The Kier molecular flexibility index (Phi) is 52.9. The Balaban J connectivity index is 0. The minimum absolute atomic E-state index is 0.568. The van der Waals surface area contributed by atoms with Gasteiger partial charge in [-0.2, -0.15) is 18.4 Å². The number of rotatable bonds is 13. The molecule has 3 nitrogen and oxygen atoms in total. The van der Waals surface area contributed by atoms with Crippen molar-refractivity contribution in [3.63, 3.8) is 0 Å². The quantitative estimate of drug-likeness (QED) is 0.108. The van der Waals surface area contributed by atoms with Crippen molar-refractivity contribution in [2.45, 2.75) is 179 Å². The average Bonchev–Trinajstić information content (AvgIpc) is 4.18. The average molecular weight is 1340 g/mol. The number of hydrogen-bond donors (Lipinski definition) is 0. The lowest BCUT2D eigenvalue weighted by molar-refractivity contribution is -0.137. The Bertz CT molecular complexity index is 2510. The van der Waals surface area contributed by atoms with E-state index in [-0.39, 0.29) is 0 Å². The first-order chi connectivity index (χ1) is 40.8. The highest BCUT2D eigenvalue weighted by atomic mass is 79.9. The number of methoxy groups -OCH3 is 2. The highest BCUT2D eigenvalue weighted by molar-refractivity contribution is 9.10. The van der Waals surface area contributed by atoms with Gasteiger partial charge in [0, 0.05) is 46.4 Å². The van der Waals surface area contributed by atoms with Gasteiger partial charge in [0.2, 0.25) is 0 Å². The van der Waals surface area contributed by atoms with Crippen LogP contribution in [0, 0.1) is 24.2 Å². The van der Waals surface area contributed by atoms with Gasteiger partial charge in [-0.15, -0.1) is 0 Å². The van der Waals surface area contributed by atoms with Crippen LogP contribution < -0.4 is 0 Å². The predicted molar refractivity (Wildman–Crippen MR) is 372 cm³/mol. The van der Waals surface area contributed by atoms with Crippen LogP contribution in [0.5, 0.6) is 0 Å². The van der Waals surface area contributed by atoms with Crippen LogP contribution in [-0.2, 0) is 60.6 Å². The Morgan fingerprint density at radius 3 is 1.21 bits per heavy atom. The molecule has 0 spiro atoms. The molecule has 7 aromatic rings. The molecule has 1 fully saturated rings. The van der Waals surface area contributed by atoms with E-state index in [2.05, 4.69) is 180 Å². The summed E-state index contributed by atoms with van der Waals surface area (Å²) >= 11 is 18.2. The molecule has 0 aromatic heterocycles. The van der Waals surface area contributed by atoms with Crippen molar-refractivity contribution < 1.29 is 22.6 Å². The Morgan fingerprint density at radius 1 is 0.471 bits per heavy atom. The third-order valence-corrected chi connectivity index (χ3v) is 14.6. The van der Waals surface area contributed by atoms with Crippen LogP contribution in [0.4, 0.5) is 13.2 Å². The second-order valence-corrected chi connectivity index (χ2v) is 22.6. The van der Waals surface area contributed by atoms with Gasteiger partial charge >= 0.3 is 6.18 Å². The van der Waals surface area contributed by atoms with E-state index in [1.807, 2.05) is 79.7 Å². The van der Waals surface area contributed by atoms with E-state index in [0.717, 1.165) is 90.2 Å². The van der Waals surface area contributed by atoms with Crippen molar-refractivity contribution in [3.05, 3.63) is 244 Å². The summed E-state index contributed by atoms with van der Waals surface area (Å²) in [4.78, 5) is 0. The Labute approximate surface area is 541 Å². The van der Waals surface area contributed by atoms with Crippen LogP contribution >= 0.6 is 55.1 Å². The maximum absolute atomic E-state index is 12.1. The summed E-state index contributed by atoms with van der Waals surface area (Å²) in [7, 11) is 3.44. The summed E-state index contributed by atoms with van der Waals surface area (Å²) in [5.74, 6) is 1.10. The molecule has 1 aliphatic carbocycles. The second kappa shape index (κ2) is 54.7. The molecule has 0 amide bonds. The van der Waals surface area contributed by atoms with Crippen molar-refractivity contribution in [2.75, 3.05) is 27.4 Å². The number of nitriles is 1. The van der Waals surface area contributed by atoms with Crippen LogP contribution in [0.3, 0.4) is 0 Å². The SMILES string of the molecule is CCC1CCCC1.CCCCOC.CCCOC.CCc1ccc(Br)cc1.CCc1ccc(C#N)cc1.CCc1ccc(C)cc1.CCc1ccc(Cl)cc1.CCc1cccc(Br)c1.CCc1cccc(C(F)(F)F)c1.CCc1cccc(Cl)c1. The van der Waals surface area contributed by atoms with Crippen molar-refractivity contribution in [1.82, 2.24) is 0 Å². The summed E-state index contributed by atoms with van der Waals surface area (Å²) < 4.78 is 48.1. The molecule has 0 heterocycles. The topological polar surface area (TPSA) is 42.2 Å². The molecule has 1 aliphatic rings. The van der Waals surface area contributed by atoms with Gasteiger partial charge in [0.15, 0.2) is 0 Å². The molecule has 8 rings (SSSR count). The van der Waals surface area contributed by atoms with Gasteiger partial charge < -0.3 is 9.47 Å². The van der Waals surface area contributed by atoms with E-state index in [1.165, 1.54) is 100 Å². The smallest absolute Gasteiger partial charge is 0.385 e. The summed E-state index contributed by atoms with van der Waals surface area (Å²) in [5.41, 5.74) is 10.3. The standard InChI is InChI=1S/C9H9F3.C9H9N.C9H12.2C8H9Br.2C8H9Cl.C7H14.C5H12O.C4H10O/c1-2-7-4-3-5-8(6-7)9(10,11)12;1-2-8-3-5-9(7-10)6-4-8;1-3-9-6-4-8(2)5-7-9;1-2-7-3-5-8(9)6-4-7;1-2-7-4-3-5-8(9)6-7;1-2-7-3-5-8(9)6-4-7;1-2-7-4-3-5-8(9)6-7;1-2-7-5-3-4-6-7;1-3-4-5-6-2;1-3-4-5-2/h3-6H,2H2,1H3;3-6H,2H2,1H3;4-7H,3H2,1-2H3;4*3-6H,2H2,1H3;7H,2-6H2,1H3;3-5H2,1-2H3;3-4H2,1-2H3. The van der Waals surface area contributed by atoms with Gasteiger partial charge in [0.1, 0.15) is 0 Å². The summed E-state index contributed by atoms with van der Waals surface area (Å²) in [6.45, 7) is 25.1. The van der Waals surface area contributed by atoms with Crippen molar-refractivity contribution in [2.24, 2.45) is 5.92 Å². The zero-order valence-electron chi connectivity index (χ0n) is 53.7. The lowest BCUT2D eigenvalue weighted by Crippen LogP contribution is -2.04. The molecule has 0 saturated heterocycles. The zero-order valence-corrected chi connectivity index (χ0v) is 58.4. The minimum Gasteiger partial charge on any atom is -0.385 e. The van der Waals surface area contributed by atoms with Gasteiger partial charge in [0.25, 0.3) is 0 Å². The first-order valence-electron chi connectivity index (χ1n) is 30.5. The molecule has 0 atom stereocenters. The molecular formula is C75H102Br2Cl2F3NO2. The van der Waals surface area contributed by atoms with Crippen LogP contribution in [-0.4, -0.2) is 27.4 Å². The van der Waals surface area contributed by atoms with Gasteiger partial charge in [-0.05, 0) is 176 Å². The number of unbranched alkanes of at least 4 members (excludes halogenated alkanes) is 1. The zero-order chi connectivity index (χ0) is 64.1. The summed E-state index contributed by atoms with van der Waals surface area (Å²) in [6, 6.07) is 56.4. The van der Waals surface area contributed by atoms with Gasteiger partial charge in [-0.1, -0.05) is 272 Å². The number of alkyl halides is 3. The molecule has 0 radical (unpaired) electrons. The fourth-order valence-corrected chi connectivity index (χ4v) is 8.52. The van der Waals surface area contributed by atoms with Crippen molar-refractivity contribution in [3.8, 4) is 6.07 Å². The molecule has 85 heavy (non-hydrogen) atoms. The molecular weight excluding hydrogens is 1230 g/mol. The molecule has 0 N–H and O–H groups in total. The highest BCUT2D eigenvalue weighted by Crippen LogP contribution is 2.30. The van der Waals surface area contributed by atoms with E-state index < -0.39 is 11.7 Å². The summed E-state index contributed by atoms with van der Waals surface area (Å²) in [6.07, 6.45) is 13.9. The van der Waals surface area contributed by atoms with E-state index >= 15 is 0 Å². The van der Waals surface area contributed by atoms with E-state index in [1.54, 1.807) is 20.3 Å². The van der Waals surface area contributed by atoms with Crippen LogP contribution in [0.25, 0.3) is 0 Å². The normalized spacial score (nSPS) is 10.8. The third-order valence-electron chi connectivity index (χ3n) is 13.1. The number of halogens is 7. The van der Waals surface area contributed by atoms with E-state index in [4.69, 9.17) is 37.9 Å². The minimum atomic E-state index is -4.22. The fraction of sp³-hybridized carbons (Fsp3) is 0.427. The van der Waals surface area contributed by atoms with Gasteiger partial charge in [-0.25, -0.2) is 0 Å². The highest BCUT2D eigenvalue weighted by Gasteiger charge is 2.30. The maximum atomic E-state index is 12.1. The van der Waals surface area contributed by atoms with E-state index in [9.17, 15) is 13.2 Å². The lowest BCUT2D eigenvalue weighted by Gasteiger charge is -2.06. The van der Waals surface area contributed by atoms with Gasteiger partial charge in [-0.3, -0.25) is 0 Å². The number of ether oxygens (including phenoxy) is 2. The number of hydrogen-bond acceptors (Lipinski definition) is 3. The molecule has 1 saturated carbocycles. The van der Waals surface area contributed by atoms with E-state index in [0.29, 0.717) is 12.0 Å². The second-order valence-electron chi connectivity index (χ2n) is 19.9. The van der Waals surface area contributed by atoms with Crippen molar-refractivity contribution in [1.29, 1.82) is 5.26 Å². The lowest BCUT2D eigenvalue weighted by atomic mass is 10.1. The largest absolute Gasteiger partial charge is 0.416 e. The Hall–Kier alpha value is -4.72. The molecule has 0 aliphatic heterocycles. The predicted octanol–water partition coefficient (Wildman–Crippen LogP) is 24.8. The van der Waals surface area contributed by atoms with Crippen LogP contribution in [0.2, 0.25) is 10.0 Å². The Morgan fingerprint density at radius 2 is 0.882 bits per heavy atom. The molecule has 0 unspecified atom stereocenters. The number of aryl methyl sites for hydroxylation is 8. The summed E-state index contributed by atoms with van der Waals surface area (Å²) in [5, 5.41) is 10.1. The van der Waals surface area contributed by atoms with Crippen LogP contribution in [0.1, 0.15) is 176 Å².